The normalized spacial score (nSPS) is 23.7. The Labute approximate surface area is 88.1 Å². The lowest BCUT2D eigenvalue weighted by molar-refractivity contribution is -0.315. The van der Waals surface area contributed by atoms with E-state index in [-0.39, 0.29) is 13.2 Å². The van der Waals surface area contributed by atoms with Gasteiger partial charge in [-0.2, -0.15) is 0 Å². The predicted octanol–water partition coefficient (Wildman–Crippen LogP) is -1.87. The fourth-order valence-electron chi connectivity index (χ4n) is 1.32. The van der Waals surface area contributed by atoms with E-state index in [1.807, 2.05) is 0 Å². The van der Waals surface area contributed by atoms with E-state index in [4.69, 9.17) is 14.6 Å². The highest BCUT2D eigenvalue weighted by molar-refractivity contribution is 5.79. The molecule has 0 aromatic heterocycles. The van der Waals surface area contributed by atoms with E-state index in [1.165, 1.54) is 0 Å². The molecule has 0 spiro atoms. The average molecular weight is 219 g/mol. The molecule has 7 heteroatoms. The summed E-state index contributed by atoms with van der Waals surface area (Å²) in [4.78, 5) is 11.0. The van der Waals surface area contributed by atoms with Crippen LogP contribution in [0.4, 0.5) is 0 Å². The third-order valence-corrected chi connectivity index (χ3v) is 2.59. The molecule has 1 fully saturated rings. The van der Waals surface area contributed by atoms with Crippen LogP contribution < -0.4 is 16.0 Å². The van der Waals surface area contributed by atoms with Crippen molar-refractivity contribution >= 4 is 5.97 Å². The van der Waals surface area contributed by atoms with E-state index in [0.717, 1.165) is 0 Å². The zero-order valence-corrected chi connectivity index (χ0v) is 9.09. The van der Waals surface area contributed by atoms with Crippen LogP contribution in [0.2, 0.25) is 0 Å². The van der Waals surface area contributed by atoms with Crippen LogP contribution in [0.25, 0.3) is 0 Å². The quantitative estimate of drug-likeness (QED) is 0.411. The topological polar surface area (TPSA) is 91.9 Å². The molecule has 0 amide bonds. The van der Waals surface area contributed by atoms with E-state index < -0.39 is 17.5 Å². The summed E-state index contributed by atoms with van der Waals surface area (Å²) in [6.07, 6.45) is 0. The number of aliphatic carboxylic acids is 1. The highest BCUT2D eigenvalue weighted by Gasteiger charge is 2.47. The number of carbonyl (C=O) groups is 1. The van der Waals surface area contributed by atoms with Gasteiger partial charge < -0.3 is 19.9 Å². The Hall–Kier alpha value is -0.730. The van der Waals surface area contributed by atoms with Gasteiger partial charge in [-0.1, -0.05) is 0 Å². The summed E-state index contributed by atoms with van der Waals surface area (Å²) in [6, 6.07) is -1.10. The van der Waals surface area contributed by atoms with Crippen molar-refractivity contribution in [3.8, 4) is 0 Å². The second-order valence-electron chi connectivity index (χ2n) is 3.33. The van der Waals surface area contributed by atoms with E-state index in [1.54, 1.807) is 21.1 Å². The Morgan fingerprint density at radius 3 is 1.87 bits per heavy atom. The van der Waals surface area contributed by atoms with Crippen molar-refractivity contribution in [1.29, 1.82) is 0 Å². The second kappa shape index (κ2) is 4.42. The monoisotopic (exact) mass is 219 g/mol. The molecule has 0 aliphatic carbocycles. The minimum Gasteiger partial charge on any atom is -0.480 e. The van der Waals surface area contributed by atoms with Crippen molar-refractivity contribution in [2.75, 3.05) is 34.4 Å². The molecular formula is C8H17N3O4. The average Bonchev–Trinajstić information content (AvgIpc) is 2.29. The minimum atomic E-state index is -1.18. The summed E-state index contributed by atoms with van der Waals surface area (Å²) < 4.78 is 10.7. The summed E-state index contributed by atoms with van der Waals surface area (Å²) in [5.74, 6) is -0.995. The first kappa shape index (κ1) is 12.3. The molecule has 0 atom stereocenters. The van der Waals surface area contributed by atoms with Crippen molar-refractivity contribution in [3.63, 3.8) is 0 Å². The van der Waals surface area contributed by atoms with Gasteiger partial charge in [0.25, 0.3) is 6.03 Å². The number of hydrogen-bond donors (Lipinski definition) is 4. The van der Waals surface area contributed by atoms with Crippen molar-refractivity contribution in [1.82, 2.24) is 16.0 Å². The molecule has 4 N–H and O–H groups in total. The van der Waals surface area contributed by atoms with Gasteiger partial charge in [-0.25, -0.2) is 0 Å². The maximum absolute atomic E-state index is 11.0. The first-order valence-corrected chi connectivity index (χ1v) is 4.62. The largest absolute Gasteiger partial charge is 0.480 e. The molecule has 7 nitrogen and oxygen atoms in total. The van der Waals surface area contributed by atoms with Gasteiger partial charge in [-0.05, 0) is 21.1 Å². The van der Waals surface area contributed by atoms with Crippen LogP contribution in [0.3, 0.4) is 0 Å². The molecule has 1 rings (SSSR count). The van der Waals surface area contributed by atoms with Gasteiger partial charge in [0.2, 0.25) is 0 Å². The molecule has 0 aromatic carbocycles. The number of rotatable bonds is 4. The van der Waals surface area contributed by atoms with E-state index in [9.17, 15) is 4.79 Å². The number of nitrogens with one attached hydrogen (secondary N) is 3. The molecule has 0 bridgehead atoms. The van der Waals surface area contributed by atoms with E-state index in [0.29, 0.717) is 0 Å². The summed E-state index contributed by atoms with van der Waals surface area (Å²) in [6.45, 7) is 0.0288. The highest BCUT2D eigenvalue weighted by atomic mass is 16.7. The second-order valence-corrected chi connectivity index (χ2v) is 3.33. The fraction of sp³-hybridized carbons (Fsp3) is 0.875. The van der Waals surface area contributed by atoms with Gasteiger partial charge in [0.15, 0.2) is 5.54 Å². The zero-order chi connectivity index (χ0) is 11.5. The third kappa shape index (κ3) is 2.11. The standard InChI is InChI=1S/C8H17N3O4/c1-9-7(6(12)13)4-14-8(10-2,11-3)15-5-7/h9-11H,4-5H2,1-3H3,(H,12,13). The molecule has 1 aliphatic heterocycles. The molecule has 1 aliphatic rings. The van der Waals surface area contributed by atoms with Crippen LogP contribution in [0.15, 0.2) is 0 Å². The van der Waals surface area contributed by atoms with Crippen LogP contribution in [0.1, 0.15) is 0 Å². The SMILES string of the molecule is CNC1(NC)OCC(NC)(C(=O)O)CO1. The van der Waals surface area contributed by atoms with Crippen molar-refractivity contribution in [2.45, 2.75) is 11.6 Å². The maximum Gasteiger partial charge on any atom is 0.328 e. The van der Waals surface area contributed by atoms with Gasteiger partial charge in [0.05, 0.1) is 13.2 Å². The van der Waals surface area contributed by atoms with Crippen LogP contribution in [-0.4, -0.2) is 57.0 Å². The summed E-state index contributed by atoms with van der Waals surface area (Å²) in [5, 5.41) is 17.3. The van der Waals surface area contributed by atoms with Crippen molar-refractivity contribution in [2.24, 2.45) is 0 Å². The zero-order valence-electron chi connectivity index (χ0n) is 9.09. The van der Waals surface area contributed by atoms with Gasteiger partial charge in [-0.3, -0.25) is 15.4 Å². The highest BCUT2D eigenvalue weighted by Crippen LogP contribution is 2.19. The molecule has 0 aromatic rings. The minimum absolute atomic E-state index is 0.0144. The van der Waals surface area contributed by atoms with Gasteiger partial charge >= 0.3 is 5.97 Å². The van der Waals surface area contributed by atoms with E-state index in [2.05, 4.69) is 16.0 Å². The number of carboxylic acids is 1. The number of ether oxygens (including phenoxy) is 2. The maximum atomic E-state index is 11.0. The lowest BCUT2D eigenvalue weighted by Crippen LogP contribution is -2.70. The predicted molar refractivity (Wildman–Crippen MR) is 52.2 cm³/mol. The summed E-state index contributed by atoms with van der Waals surface area (Å²) in [5.41, 5.74) is -1.18. The Bertz CT molecular complexity index is 232. The van der Waals surface area contributed by atoms with Crippen molar-refractivity contribution in [3.05, 3.63) is 0 Å². The number of likely N-dealkylation sites (N-methyl/N-ethyl adjacent to an activating group) is 1. The third-order valence-electron chi connectivity index (χ3n) is 2.59. The van der Waals surface area contributed by atoms with E-state index >= 15 is 0 Å². The molecule has 0 radical (unpaired) electrons. The van der Waals surface area contributed by atoms with Gasteiger partial charge in [0.1, 0.15) is 0 Å². The Kier molecular flexibility index (Phi) is 3.63. The summed E-state index contributed by atoms with van der Waals surface area (Å²) in [7, 11) is 4.87. The molecule has 15 heavy (non-hydrogen) atoms. The Morgan fingerprint density at radius 1 is 1.13 bits per heavy atom. The Morgan fingerprint density at radius 2 is 1.60 bits per heavy atom. The van der Waals surface area contributed by atoms with Gasteiger partial charge in [-0.15, -0.1) is 0 Å². The van der Waals surface area contributed by atoms with Crippen LogP contribution in [0, 0.1) is 0 Å². The molecule has 0 saturated carbocycles. The lowest BCUT2D eigenvalue weighted by atomic mass is 10.0. The van der Waals surface area contributed by atoms with Crippen LogP contribution in [0.5, 0.6) is 0 Å². The van der Waals surface area contributed by atoms with Crippen LogP contribution >= 0.6 is 0 Å². The molecule has 1 saturated heterocycles. The molecule has 1 heterocycles. The summed E-state index contributed by atoms with van der Waals surface area (Å²) >= 11 is 0. The lowest BCUT2D eigenvalue weighted by Gasteiger charge is -2.43. The smallest absolute Gasteiger partial charge is 0.328 e. The first-order chi connectivity index (χ1) is 7.04. The number of carboxylic acid groups (broad SMARTS) is 1. The van der Waals surface area contributed by atoms with Crippen LogP contribution in [-0.2, 0) is 14.3 Å². The molecular weight excluding hydrogens is 202 g/mol. The molecule has 0 unspecified atom stereocenters. The van der Waals surface area contributed by atoms with Crippen molar-refractivity contribution < 1.29 is 19.4 Å². The Balaban J connectivity index is 2.72. The number of hydrogen-bond acceptors (Lipinski definition) is 6. The van der Waals surface area contributed by atoms with Gasteiger partial charge in [0, 0.05) is 0 Å². The molecule has 88 valence electrons. The first-order valence-electron chi connectivity index (χ1n) is 4.62. The fourth-order valence-corrected chi connectivity index (χ4v) is 1.32.